The van der Waals surface area contributed by atoms with E-state index < -0.39 is 5.97 Å². The Morgan fingerprint density at radius 1 is 0.889 bits per heavy atom. The summed E-state index contributed by atoms with van der Waals surface area (Å²) in [5, 5.41) is 4.40. The van der Waals surface area contributed by atoms with Crippen molar-refractivity contribution in [3.05, 3.63) is 71.8 Å². The lowest BCUT2D eigenvalue weighted by atomic mass is 10.2. The fourth-order valence-electron chi connectivity index (χ4n) is 1.34. The first-order valence-electron chi connectivity index (χ1n) is 5.46. The van der Waals surface area contributed by atoms with Crippen molar-refractivity contribution in [3.63, 3.8) is 0 Å². The Morgan fingerprint density at radius 3 is 2.17 bits per heavy atom. The molecule has 0 N–H and O–H groups in total. The predicted molar refractivity (Wildman–Crippen MR) is 64.2 cm³/mol. The van der Waals surface area contributed by atoms with Crippen molar-refractivity contribution in [2.24, 2.45) is 0 Å². The van der Waals surface area contributed by atoms with Gasteiger partial charge in [0.05, 0.1) is 5.56 Å². The van der Waals surface area contributed by atoms with E-state index in [9.17, 15) is 4.79 Å². The average molecular weight is 244 g/mol. The Morgan fingerprint density at radius 2 is 1.50 bits per heavy atom. The highest BCUT2D eigenvalue weighted by Gasteiger charge is 2.07. The molecule has 0 bridgehead atoms. The second-order valence-corrected chi connectivity index (χ2v) is 3.55. The standard InChI is InChI=1S/C14H12O4/c15-14(13-9-5-2-6-10-13)17-18-16-11-12-7-3-1-4-8-12/h1-10H,11H2. The van der Waals surface area contributed by atoms with Crippen LogP contribution in [-0.4, -0.2) is 5.97 Å². The van der Waals surface area contributed by atoms with Crippen LogP contribution < -0.4 is 0 Å². The molecular formula is C14H12O4. The van der Waals surface area contributed by atoms with Crippen molar-refractivity contribution in [2.45, 2.75) is 6.61 Å². The van der Waals surface area contributed by atoms with Crippen molar-refractivity contribution in [1.82, 2.24) is 0 Å². The largest absolute Gasteiger partial charge is 0.376 e. The molecule has 0 aliphatic carbocycles. The number of hydrogen-bond acceptors (Lipinski definition) is 4. The first-order valence-corrected chi connectivity index (χ1v) is 5.46. The highest BCUT2D eigenvalue weighted by Crippen LogP contribution is 2.04. The van der Waals surface area contributed by atoms with Gasteiger partial charge in [-0.3, -0.25) is 4.89 Å². The van der Waals surface area contributed by atoms with Crippen molar-refractivity contribution in [3.8, 4) is 0 Å². The summed E-state index contributed by atoms with van der Waals surface area (Å²) < 4.78 is 0. The number of carbonyl (C=O) groups is 1. The summed E-state index contributed by atoms with van der Waals surface area (Å²) in [4.78, 5) is 20.7. The molecule has 0 aliphatic heterocycles. The van der Waals surface area contributed by atoms with Crippen molar-refractivity contribution < 1.29 is 19.6 Å². The first kappa shape index (κ1) is 12.3. The quantitative estimate of drug-likeness (QED) is 0.461. The summed E-state index contributed by atoms with van der Waals surface area (Å²) in [5.41, 5.74) is 1.33. The molecule has 0 unspecified atom stereocenters. The predicted octanol–water partition coefficient (Wildman–Crippen LogP) is 2.91. The maximum absolute atomic E-state index is 11.4. The number of carbonyl (C=O) groups excluding carboxylic acids is 1. The lowest BCUT2D eigenvalue weighted by molar-refractivity contribution is -0.487. The van der Waals surface area contributed by atoms with Crippen LogP contribution >= 0.6 is 0 Å². The van der Waals surface area contributed by atoms with Gasteiger partial charge in [0.1, 0.15) is 6.61 Å². The Kier molecular flexibility index (Phi) is 4.46. The summed E-state index contributed by atoms with van der Waals surface area (Å²) in [6.07, 6.45) is 0. The number of rotatable bonds is 5. The maximum atomic E-state index is 11.4. The summed E-state index contributed by atoms with van der Waals surface area (Å²) in [7, 11) is 0. The van der Waals surface area contributed by atoms with Gasteiger partial charge in [-0.2, -0.15) is 4.89 Å². The molecule has 2 aromatic carbocycles. The van der Waals surface area contributed by atoms with Crippen LogP contribution in [0.4, 0.5) is 0 Å². The van der Waals surface area contributed by atoms with Crippen LogP contribution in [0.25, 0.3) is 0 Å². The van der Waals surface area contributed by atoms with Crippen LogP contribution in [0.1, 0.15) is 15.9 Å². The molecule has 0 heterocycles. The molecule has 0 amide bonds. The van der Waals surface area contributed by atoms with Gasteiger partial charge in [-0.15, -0.1) is 0 Å². The van der Waals surface area contributed by atoms with E-state index in [0.717, 1.165) is 5.56 Å². The third-order valence-electron chi connectivity index (χ3n) is 2.24. The molecule has 0 saturated carbocycles. The molecule has 4 nitrogen and oxygen atoms in total. The van der Waals surface area contributed by atoms with E-state index in [1.165, 1.54) is 0 Å². The van der Waals surface area contributed by atoms with Gasteiger partial charge in [0, 0.05) is 0 Å². The maximum Gasteiger partial charge on any atom is 0.376 e. The zero-order valence-corrected chi connectivity index (χ0v) is 9.61. The van der Waals surface area contributed by atoms with Crippen molar-refractivity contribution in [2.75, 3.05) is 0 Å². The fraction of sp³-hybridized carbons (Fsp3) is 0.0714. The lowest BCUT2D eigenvalue weighted by Gasteiger charge is -2.02. The van der Waals surface area contributed by atoms with Crippen LogP contribution in [0, 0.1) is 0 Å². The molecule has 92 valence electrons. The Hall–Kier alpha value is -2.17. The molecule has 2 rings (SSSR count). The SMILES string of the molecule is O=C(OOOCc1ccccc1)c1ccccc1. The molecule has 0 fully saturated rings. The minimum atomic E-state index is -0.594. The zero-order chi connectivity index (χ0) is 12.6. The van der Waals surface area contributed by atoms with E-state index >= 15 is 0 Å². The molecular weight excluding hydrogens is 232 g/mol. The van der Waals surface area contributed by atoms with Gasteiger partial charge in [-0.05, 0) is 22.7 Å². The summed E-state index contributed by atoms with van der Waals surface area (Å²) >= 11 is 0. The van der Waals surface area contributed by atoms with Crippen molar-refractivity contribution in [1.29, 1.82) is 0 Å². The molecule has 0 aliphatic rings. The topological polar surface area (TPSA) is 44.8 Å². The second-order valence-electron chi connectivity index (χ2n) is 3.55. The van der Waals surface area contributed by atoms with Gasteiger partial charge < -0.3 is 0 Å². The normalized spacial score (nSPS) is 10.0. The molecule has 2 aromatic rings. The van der Waals surface area contributed by atoms with E-state index in [-0.39, 0.29) is 6.61 Å². The van der Waals surface area contributed by atoms with Gasteiger partial charge >= 0.3 is 5.97 Å². The van der Waals surface area contributed by atoms with Crippen LogP contribution in [0.15, 0.2) is 60.7 Å². The Balaban J connectivity index is 1.72. The van der Waals surface area contributed by atoms with E-state index in [1.807, 2.05) is 36.4 Å². The number of hydrogen-bond donors (Lipinski definition) is 0. The summed E-state index contributed by atoms with van der Waals surface area (Å²) in [6.45, 7) is 0.211. The first-order chi connectivity index (χ1) is 8.86. The van der Waals surface area contributed by atoms with Crippen LogP contribution in [-0.2, 0) is 21.4 Å². The molecule has 18 heavy (non-hydrogen) atoms. The highest BCUT2D eigenvalue weighted by atomic mass is 17.5. The van der Waals surface area contributed by atoms with Gasteiger partial charge in [-0.1, -0.05) is 48.5 Å². The third-order valence-corrected chi connectivity index (χ3v) is 2.24. The van der Waals surface area contributed by atoms with Crippen LogP contribution in [0.5, 0.6) is 0 Å². The second kappa shape index (κ2) is 6.54. The molecule has 0 aromatic heterocycles. The van der Waals surface area contributed by atoms with E-state index in [0.29, 0.717) is 5.56 Å². The van der Waals surface area contributed by atoms with Crippen LogP contribution in [0.3, 0.4) is 0 Å². The average Bonchev–Trinajstić information content (AvgIpc) is 2.45. The minimum absolute atomic E-state index is 0.211. The van der Waals surface area contributed by atoms with Gasteiger partial charge in [-0.25, -0.2) is 4.79 Å². The smallest absolute Gasteiger partial charge is 0.263 e. The van der Waals surface area contributed by atoms with Gasteiger partial charge in [0.25, 0.3) is 0 Å². The van der Waals surface area contributed by atoms with Gasteiger partial charge in [0.15, 0.2) is 0 Å². The molecule has 4 heteroatoms. The third kappa shape index (κ3) is 3.69. The fourth-order valence-corrected chi connectivity index (χ4v) is 1.34. The molecule has 0 spiro atoms. The summed E-state index contributed by atoms with van der Waals surface area (Å²) in [5.74, 6) is -0.594. The van der Waals surface area contributed by atoms with E-state index in [2.05, 4.69) is 9.93 Å². The monoisotopic (exact) mass is 244 g/mol. The van der Waals surface area contributed by atoms with Crippen molar-refractivity contribution >= 4 is 5.97 Å². The highest BCUT2D eigenvalue weighted by molar-refractivity contribution is 5.88. The Labute approximate surface area is 105 Å². The minimum Gasteiger partial charge on any atom is -0.263 e. The van der Waals surface area contributed by atoms with E-state index in [4.69, 9.17) is 4.89 Å². The van der Waals surface area contributed by atoms with E-state index in [1.54, 1.807) is 24.3 Å². The molecule has 0 radical (unpaired) electrons. The van der Waals surface area contributed by atoms with Crippen LogP contribution in [0.2, 0.25) is 0 Å². The summed E-state index contributed by atoms with van der Waals surface area (Å²) in [6, 6.07) is 18.0. The van der Waals surface area contributed by atoms with Gasteiger partial charge in [0.2, 0.25) is 0 Å². The lowest BCUT2D eigenvalue weighted by Crippen LogP contribution is -2.06. The zero-order valence-electron chi connectivity index (χ0n) is 9.61. The molecule has 0 saturated heterocycles. The number of benzene rings is 2. The molecule has 0 atom stereocenters. The Bertz CT molecular complexity index is 482.